The molecule has 0 aromatic heterocycles. The predicted octanol–water partition coefficient (Wildman–Crippen LogP) is 3.42. The molecule has 0 atom stereocenters. The van der Waals surface area contributed by atoms with Gasteiger partial charge in [-0.1, -0.05) is 44.2 Å². The molecule has 1 rings (SSSR count). The van der Waals surface area contributed by atoms with E-state index in [0.717, 1.165) is 11.3 Å². The van der Waals surface area contributed by atoms with Crippen molar-refractivity contribution in [2.45, 2.75) is 19.8 Å². The van der Waals surface area contributed by atoms with Crippen LogP contribution in [0.3, 0.4) is 0 Å². The molecule has 0 radical (unpaired) electrons. The molecular formula is C17H24N2O. The van der Waals surface area contributed by atoms with Crippen molar-refractivity contribution >= 4 is 11.6 Å². The summed E-state index contributed by atoms with van der Waals surface area (Å²) in [7, 11) is 0. The summed E-state index contributed by atoms with van der Waals surface area (Å²) in [4.78, 5) is 14.1. The minimum atomic E-state index is -0.0122. The molecule has 108 valence electrons. The lowest BCUT2D eigenvalue weighted by atomic mass is 10.0. The van der Waals surface area contributed by atoms with Crippen LogP contribution in [0.2, 0.25) is 0 Å². The van der Waals surface area contributed by atoms with Gasteiger partial charge in [-0.25, -0.2) is 0 Å². The second-order valence-electron chi connectivity index (χ2n) is 5.06. The molecule has 0 unspecified atom stereocenters. The van der Waals surface area contributed by atoms with Crippen molar-refractivity contribution in [2.75, 3.05) is 25.0 Å². The standard InChI is InChI=1S/C17H24N2O/c1-5-11-19(12-6-2)13-17(20)18-16-10-8-7-9-15(16)14(3)4/h5-10,14H,1-2,11-13H2,3-4H3,(H,18,20). The maximum absolute atomic E-state index is 12.1. The third-order valence-corrected chi connectivity index (χ3v) is 3.00. The molecule has 0 saturated carbocycles. The van der Waals surface area contributed by atoms with Gasteiger partial charge in [0.15, 0.2) is 0 Å². The van der Waals surface area contributed by atoms with Crippen molar-refractivity contribution in [3.63, 3.8) is 0 Å². The van der Waals surface area contributed by atoms with Crippen LogP contribution >= 0.6 is 0 Å². The van der Waals surface area contributed by atoms with Gasteiger partial charge in [-0.05, 0) is 17.5 Å². The lowest BCUT2D eigenvalue weighted by molar-refractivity contribution is -0.117. The Morgan fingerprint density at radius 1 is 1.25 bits per heavy atom. The molecule has 0 heterocycles. The first-order chi connectivity index (χ1) is 9.58. The zero-order valence-electron chi connectivity index (χ0n) is 12.4. The SMILES string of the molecule is C=CCN(CC=C)CC(=O)Nc1ccccc1C(C)C. The quantitative estimate of drug-likeness (QED) is 0.735. The minimum Gasteiger partial charge on any atom is -0.325 e. The predicted molar refractivity (Wildman–Crippen MR) is 86.0 cm³/mol. The monoisotopic (exact) mass is 272 g/mol. The van der Waals surface area contributed by atoms with E-state index < -0.39 is 0 Å². The molecule has 0 aliphatic carbocycles. The molecule has 1 aromatic carbocycles. The Morgan fingerprint density at radius 3 is 2.40 bits per heavy atom. The lowest BCUT2D eigenvalue weighted by Gasteiger charge is -2.19. The summed E-state index contributed by atoms with van der Waals surface area (Å²) >= 11 is 0. The number of rotatable bonds is 8. The van der Waals surface area contributed by atoms with E-state index in [1.54, 1.807) is 12.2 Å². The molecule has 3 heteroatoms. The molecule has 20 heavy (non-hydrogen) atoms. The number of para-hydroxylation sites is 1. The van der Waals surface area contributed by atoms with Crippen molar-refractivity contribution in [1.29, 1.82) is 0 Å². The smallest absolute Gasteiger partial charge is 0.238 e. The Balaban J connectivity index is 2.70. The first-order valence-electron chi connectivity index (χ1n) is 6.91. The Hall–Kier alpha value is -1.87. The van der Waals surface area contributed by atoms with Crippen molar-refractivity contribution < 1.29 is 4.79 Å². The average Bonchev–Trinajstić information content (AvgIpc) is 2.39. The van der Waals surface area contributed by atoms with Crippen LogP contribution in [0.15, 0.2) is 49.6 Å². The molecule has 0 spiro atoms. The zero-order chi connectivity index (χ0) is 15.0. The van der Waals surface area contributed by atoms with Crippen LogP contribution in [0.5, 0.6) is 0 Å². The summed E-state index contributed by atoms with van der Waals surface area (Å²) in [6, 6.07) is 7.92. The van der Waals surface area contributed by atoms with Gasteiger partial charge < -0.3 is 5.32 Å². The highest BCUT2D eigenvalue weighted by atomic mass is 16.2. The van der Waals surface area contributed by atoms with E-state index in [2.05, 4.69) is 32.3 Å². The van der Waals surface area contributed by atoms with Gasteiger partial charge >= 0.3 is 0 Å². The Labute approximate surface area is 122 Å². The normalized spacial score (nSPS) is 10.6. The highest BCUT2D eigenvalue weighted by molar-refractivity contribution is 5.93. The number of nitrogens with one attached hydrogen (secondary N) is 1. The molecular weight excluding hydrogens is 248 g/mol. The summed E-state index contributed by atoms with van der Waals surface area (Å²) < 4.78 is 0. The second kappa shape index (κ2) is 8.33. The fourth-order valence-electron chi connectivity index (χ4n) is 2.08. The van der Waals surface area contributed by atoms with Gasteiger partial charge in [0, 0.05) is 18.8 Å². The molecule has 0 bridgehead atoms. The van der Waals surface area contributed by atoms with Crippen LogP contribution in [-0.2, 0) is 4.79 Å². The maximum Gasteiger partial charge on any atom is 0.238 e. The summed E-state index contributed by atoms with van der Waals surface area (Å²) in [5.41, 5.74) is 2.05. The molecule has 0 fully saturated rings. The summed E-state index contributed by atoms with van der Waals surface area (Å²) in [5, 5.41) is 2.99. The van der Waals surface area contributed by atoms with Crippen LogP contribution in [-0.4, -0.2) is 30.4 Å². The van der Waals surface area contributed by atoms with Crippen LogP contribution in [0, 0.1) is 0 Å². The average molecular weight is 272 g/mol. The van der Waals surface area contributed by atoms with Gasteiger partial charge in [0.05, 0.1) is 6.54 Å². The van der Waals surface area contributed by atoms with E-state index in [4.69, 9.17) is 0 Å². The number of anilines is 1. The largest absolute Gasteiger partial charge is 0.325 e. The molecule has 1 N–H and O–H groups in total. The molecule has 1 amide bonds. The first kappa shape index (κ1) is 16.2. The van der Waals surface area contributed by atoms with Gasteiger partial charge in [0.1, 0.15) is 0 Å². The van der Waals surface area contributed by atoms with Crippen molar-refractivity contribution in [3.05, 3.63) is 55.1 Å². The third-order valence-electron chi connectivity index (χ3n) is 3.00. The van der Waals surface area contributed by atoms with E-state index in [1.807, 2.05) is 29.2 Å². The molecule has 0 aliphatic heterocycles. The highest BCUT2D eigenvalue weighted by Crippen LogP contribution is 2.23. The van der Waals surface area contributed by atoms with E-state index >= 15 is 0 Å². The van der Waals surface area contributed by atoms with Crippen LogP contribution in [0.4, 0.5) is 5.69 Å². The van der Waals surface area contributed by atoms with Gasteiger partial charge in [-0.3, -0.25) is 9.69 Å². The Bertz CT molecular complexity index is 456. The molecule has 3 nitrogen and oxygen atoms in total. The number of benzene rings is 1. The number of nitrogens with zero attached hydrogens (tertiary/aromatic N) is 1. The Morgan fingerprint density at radius 2 is 1.85 bits per heavy atom. The maximum atomic E-state index is 12.1. The van der Waals surface area contributed by atoms with E-state index in [-0.39, 0.29) is 5.91 Å². The number of hydrogen-bond donors (Lipinski definition) is 1. The van der Waals surface area contributed by atoms with Gasteiger partial charge in [-0.15, -0.1) is 13.2 Å². The fourth-order valence-corrected chi connectivity index (χ4v) is 2.08. The van der Waals surface area contributed by atoms with Crippen LogP contribution in [0.1, 0.15) is 25.3 Å². The second-order valence-corrected chi connectivity index (χ2v) is 5.06. The third kappa shape index (κ3) is 5.02. The summed E-state index contributed by atoms with van der Waals surface area (Å²) in [6.45, 7) is 13.3. The van der Waals surface area contributed by atoms with E-state index in [0.29, 0.717) is 25.6 Å². The van der Waals surface area contributed by atoms with Crippen molar-refractivity contribution in [3.8, 4) is 0 Å². The Kier molecular flexibility index (Phi) is 6.74. The van der Waals surface area contributed by atoms with E-state index in [1.165, 1.54) is 0 Å². The number of carbonyl (C=O) groups is 1. The molecule has 0 aliphatic rings. The van der Waals surface area contributed by atoms with Crippen molar-refractivity contribution in [1.82, 2.24) is 4.90 Å². The molecule has 0 saturated heterocycles. The lowest BCUT2D eigenvalue weighted by Crippen LogP contribution is -2.33. The van der Waals surface area contributed by atoms with Gasteiger partial charge in [0.25, 0.3) is 0 Å². The fraction of sp³-hybridized carbons (Fsp3) is 0.353. The highest BCUT2D eigenvalue weighted by Gasteiger charge is 2.11. The first-order valence-corrected chi connectivity index (χ1v) is 6.91. The zero-order valence-corrected chi connectivity index (χ0v) is 12.4. The minimum absolute atomic E-state index is 0.0122. The van der Waals surface area contributed by atoms with Crippen LogP contribution < -0.4 is 5.32 Å². The van der Waals surface area contributed by atoms with Gasteiger partial charge in [0.2, 0.25) is 5.91 Å². The number of hydrogen-bond acceptors (Lipinski definition) is 2. The summed E-state index contributed by atoms with van der Waals surface area (Å²) in [6.07, 6.45) is 3.58. The van der Waals surface area contributed by atoms with E-state index in [9.17, 15) is 4.79 Å². The summed E-state index contributed by atoms with van der Waals surface area (Å²) in [5.74, 6) is 0.366. The number of carbonyl (C=O) groups excluding carboxylic acids is 1. The molecule has 1 aromatic rings. The van der Waals surface area contributed by atoms with Crippen molar-refractivity contribution in [2.24, 2.45) is 0 Å². The van der Waals surface area contributed by atoms with Gasteiger partial charge in [-0.2, -0.15) is 0 Å². The topological polar surface area (TPSA) is 32.3 Å². The van der Waals surface area contributed by atoms with Crippen LogP contribution in [0.25, 0.3) is 0 Å². The number of amides is 1.